The summed E-state index contributed by atoms with van der Waals surface area (Å²) < 4.78 is 57.6. The summed E-state index contributed by atoms with van der Waals surface area (Å²) in [6.45, 7) is 0. The van der Waals surface area contributed by atoms with Crippen LogP contribution in [0, 0.1) is 17.6 Å². The van der Waals surface area contributed by atoms with Crippen LogP contribution in [0.2, 0.25) is 5.02 Å². The van der Waals surface area contributed by atoms with Crippen molar-refractivity contribution in [2.45, 2.75) is 69.4 Å². The molecule has 3 aromatic rings. The van der Waals surface area contributed by atoms with Crippen molar-refractivity contribution in [1.82, 2.24) is 19.5 Å². The van der Waals surface area contributed by atoms with Crippen LogP contribution in [-0.2, 0) is 4.79 Å². The summed E-state index contributed by atoms with van der Waals surface area (Å²) in [5, 5.41) is 5.65. The maximum Gasteiger partial charge on any atom is 0.248 e. The average molecular weight is 540 g/mol. The fraction of sp³-hybridized carbons (Fsp3) is 0.500. The molecule has 2 aliphatic rings. The summed E-state index contributed by atoms with van der Waals surface area (Å²) in [4.78, 5) is 25.1. The quantitative estimate of drug-likeness (QED) is 0.273. The number of amides is 1. The monoisotopic (exact) mass is 539 g/mol. The van der Waals surface area contributed by atoms with E-state index >= 15 is 0 Å². The van der Waals surface area contributed by atoms with E-state index in [4.69, 9.17) is 17.3 Å². The van der Waals surface area contributed by atoms with Crippen molar-refractivity contribution in [3.8, 4) is 0 Å². The van der Waals surface area contributed by atoms with Crippen LogP contribution in [0.3, 0.4) is 0 Å². The van der Waals surface area contributed by atoms with Gasteiger partial charge < -0.3 is 16.4 Å². The molecule has 1 aromatic carbocycles. The zero-order valence-corrected chi connectivity index (χ0v) is 20.5. The first-order valence-corrected chi connectivity index (χ1v) is 12.6. The molecule has 0 aliphatic heterocycles. The molecule has 4 N–H and O–H groups in total. The van der Waals surface area contributed by atoms with Gasteiger partial charge >= 0.3 is 0 Å². The number of nitrogens with two attached hydrogens (primary N) is 1. The third-order valence-electron chi connectivity index (χ3n) is 7.23. The van der Waals surface area contributed by atoms with E-state index in [1.165, 1.54) is 18.3 Å². The fourth-order valence-electron chi connectivity index (χ4n) is 5.12. The van der Waals surface area contributed by atoms with Gasteiger partial charge in [-0.3, -0.25) is 9.36 Å². The molecule has 0 radical (unpaired) electrons. The third-order valence-corrected chi connectivity index (χ3v) is 7.52. The molecule has 1 amide bonds. The molecule has 2 aromatic heterocycles. The van der Waals surface area contributed by atoms with Crippen LogP contribution in [0.15, 0.2) is 18.3 Å². The molecule has 13 heteroatoms. The van der Waals surface area contributed by atoms with Crippen molar-refractivity contribution in [1.29, 1.82) is 0 Å². The largest absolute Gasteiger partial charge is 0.369 e. The van der Waals surface area contributed by atoms with Gasteiger partial charge in [0.15, 0.2) is 17.3 Å². The lowest BCUT2D eigenvalue weighted by Crippen LogP contribution is -2.32. The van der Waals surface area contributed by atoms with E-state index in [0.717, 1.165) is 0 Å². The fourth-order valence-corrected chi connectivity index (χ4v) is 5.27. The first-order chi connectivity index (χ1) is 17.6. The molecular weight excluding hydrogens is 514 g/mol. The number of primary amides is 1. The molecule has 0 atom stereocenters. The second-order valence-electron chi connectivity index (χ2n) is 9.74. The predicted molar refractivity (Wildman–Crippen MR) is 131 cm³/mol. The average Bonchev–Trinajstić information content (AvgIpc) is 3.23. The van der Waals surface area contributed by atoms with Crippen LogP contribution in [0.5, 0.6) is 0 Å². The molecule has 198 valence electrons. The van der Waals surface area contributed by atoms with Gasteiger partial charge in [0, 0.05) is 30.8 Å². The minimum Gasteiger partial charge on any atom is -0.369 e. The van der Waals surface area contributed by atoms with E-state index in [9.17, 15) is 22.4 Å². The van der Waals surface area contributed by atoms with Crippen LogP contribution < -0.4 is 16.4 Å². The number of hydrogen-bond acceptors (Lipinski definition) is 6. The van der Waals surface area contributed by atoms with Gasteiger partial charge in [-0.2, -0.15) is 4.98 Å². The highest BCUT2D eigenvalue weighted by Crippen LogP contribution is 2.38. The Balaban J connectivity index is 1.48. The zero-order chi connectivity index (χ0) is 26.3. The second kappa shape index (κ2) is 9.96. The van der Waals surface area contributed by atoms with Crippen LogP contribution in [0.25, 0.3) is 11.2 Å². The van der Waals surface area contributed by atoms with E-state index in [-0.39, 0.29) is 59.4 Å². The Kier molecular flexibility index (Phi) is 6.86. The molecule has 2 heterocycles. The molecule has 8 nitrogen and oxygen atoms in total. The van der Waals surface area contributed by atoms with Gasteiger partial charge in [0.2, 0.25) is 23.7 Å². The van der Waals surface area contributed by atoms with Crippen molar-refractivity contribution in [2.75, 3.05) is 10.6 Å². The molecule has 5 rings (SSSR count). The summed E-state index contributed by atoms with van der Waals surface area (Å²) in [7, 11) is 0. The summed E-state index contributed by atoms with van der Waals surface area (Å²) in [5.74, 6) is -5.07. The normalized spacial score (nSPS) is 22.2. The lowest BCUT2D eigenvalue weighted by molar-refractivity contribution is -0.122. The van der Waals surface area contributed by atoms with Crippen LogP contribution in [-0.4, -0.2) is 37.4 Å². The topological polar surface area (TPSA) is 111 Å². The summed E-state index contributed by atoms with van der Waals surface area (Å²) in [5.41, 5.74) is 6.19. The highest BCUT2D eigenvalue weighted by Gasteiger charge is 2.35. The summed E-state index contributed by atoms with van der Waals surface area (Å²) in [6, 6.07) is 2.21. The maximum absolute atomic E-state index is 14.6. The number of aromatic nitrogens is 4. The number of nitrogens with zero attached hydrogens (tertiary/aromatic N) is 4. The molecule has 2 aliphatic carbocycles. The number of carbonyl (C=O) groups excluding carboxylic acids is 1. The van der Waals surface area contributed by atoms with Crippen molar-refractivity contribution in [2.24, 2.45) is 11.7 Å². The first kappa shape index (κ1) is 25.5. The molecule has 0 saturated heterocycles. The molecule has 2 saturated carbocycles. The number of carbonyl (C=O) groups is 1. The Morgan fingerprint density at radius 3 is 2.43 bits per heavy atom. The van der Waals surface area contributed by atoms with Crippen LogP contribution in [0.1, 0.15) is 57.4 Å². The molecule has 0 spiro atoms. The maximum atomic E-state index is 14.6. The molecule has 0 bridgehead atoms. The lowest BCUT2D eigenvalue weighted by atomic mass is 9.85. The Hall–Kier alpha value is -3.15. The van der Waals surface area contributed by atoms with E-state index in [1.807, 2.05) is 0 Å². The highest BCUT2D eigenvalue weighted by molar-refractivity contribution is 6.30. The van der Waals surface area contributed by atoms with E-state index in [2.05, 4.69) is 25.6 Å². The lowest BCUT2D eigenvalue weighted by Gasteiger charge is -2.29. The standard InChI is InChI=1S/C24H26ClF4N7O/c25-15-5-6-16(19(27)18(15)26)33-23-34-17-11-31-22(32-13-7-9-24(28,29)10-8-13)35-21(17)36(23)14-3-1-12(2-4-14)20(30)37/h5-6,11-14H,1-4,7-10H2,(H2,30,37)(H,33,34)(H,31,32,35). The van der Waals surface area contributed by atoms with Gasteiger partial charge in [0.1, 0.15) is 5.52 Å². The number of anilines is 3. The Bertz CT molecular complexity index is 1320. The SMILES string of the molecule is NC(=O)C1CCC(n2c(Nc3ccc(Cl)c(F)c3F)nc3cnc(NC4CCC(F)(F)CC4)nc32)CC1. The minimum absolute atomic E-state index is 0.153. The Morgan fingerprint density at radius 1 is 1.05 bits per heavy atom. The first-order valence-electron chi connectivity index (χ1n) is 12.2. The second-order valence-corrected chi connectivity index (χ2v) is 10.1. The summed E-state index contributed by atoms with van der Waals surface area (Å²) >= 11 is 5.69. The predicted octanol–water partition coefficient (Wildman–Crippen LogP) is 5.71. The zero-order valence-electron chi connectivity index (χ0n) is 19.8. The number of alkyl halides is 2. The van der Waals surface area contributed by atoms with Crippen molar-refractivity contribution in [3.05, 3.63) is 35.0 Å². The van der Waals surface area contributed by atoms with E-state index < -0.39 is 17.6 Å². The molecular formula is C24H26ClF4N7O. The van der Waals surface area contributed by atoms with Crippen LogP contribution in [0.4, 0.5) is 35.1 Å². The van der Waals surface area contributed by atoms with Crippen molar-refractivity contribution >= 4 is 46.3 Å². The van der Waals surface area contributed by atoms with Crippen molar-refractivity contribution in [3.63, 3.8) is 0 Å². The van der Waals surface area contributed by atoms with Crippen LogP contribution >= 0.6 is 11.6 Å². The molecule has 2 fully saturated rings. The third kappa shape index (κ3) is 5.29. The molecule has 0 unspecified atom stereocenters. The van der Waals surface area contributed by atoms with Gasteiger partial charge in [0.05, 0.1) is 16.9 Å². The van der Waals surface area contributed by atoms with Gasteiger partial charge in [0.25, 0.3) is 0 Å². The number of hydrogen-bond donors (Lipinski definition) is 3. The number of nitrogens with one attached hydrogen (secondary N) is 2. The summed E-state index contributed by atoms with van der Waals surface area (Å²) in [6.07, 6.45) is 3.99. The van der Waals surface area contributed by atoms with E-state index in [0.29, 0.717) is 49.7 Å². The van der Waals surface area contributed by atoms with Gasteiger partial charge in [-0.15, -0.1) is 0 Å². The Morgan fingerprint density at radius 2 is 1.76 bits per heavy atom. The van der Waals surface area contributed by atoms with Gasteiger partial charge in [-0.05, 0) is 50.7 Å². The number of rotatable bonds is 6. The molecule has 37 heavy (non-hydrogen) atoms. The highest BCUT2D eigenvalue weighted by atomic mass is 35.5. The number of halogens is 5. The Labute approximate surface area is 215 Å². The van der Waals surface area contributed by atoms with E-state index in [1.54, 1.807) is 4.57 Å². The van der Waals surface area contributed by atoms with Gasteiger partial charge in [-0.25, -0.2) is 27.5 Å². The number of benzene rings is 1. The van der Waals surface area contributed by atoms with Gasteiger partial charge in [-0.1, -0.05) is 11.6 Å². The smallest absolute Gasteiger partial charge is 0.248 e. The number of fused-ring (bicyclic) bond motifs is 1. The minimum atomic E-state index is -2.65. The van der Waals surface area contributed by atoms with Crippen molar-refractivity contribution < 1.29 is 22.4 Å². The number of imidazole rings is 1.